The van der Waals surface area contributed by atoms with Crippen LogP contribution in [0.15, 0.2) is 18.2 Å². The van der Waals surface area contributed by atoms with Crippen LogP contribution in [0.5, 0.6) is 0 Å². The third-order valence-electron chi connectivity index (χ3n) is 3.67. The lowest BCUT2D eigenvalue weighted by Crippen LogP contribution is -2.25. The zero-order valence-electron chi connectivity index (χ0n) is 10.7. The fourth-order valence-corrected chi connectivity index (χ4v) is 2.61. The van der Waals surface area contributed by atoms with Crippen molar-refractivity contribution < 1.29 is 13.2 Å². The van der Waals surface area contributed by atoms with Gasteiger partial charge in [-0.25, -0.2) is 0 Å². The Bertz CT molecular complexity index is 437. The van der Waals surface area contributed by atoms with E-state index in [0.29, 0.717) is 16.6 Å². The molecule has 0 aromatic heterocycles. The van der Waals surface area contributed by atoms with Crippen molar-refractivity contribution in [3.05, 3.63) is 28.8 Å². The van der Waals surface area contributed by atoms with Crippen molar-refractivity contribution in [2.24, 2.45) is 5.92 Å². The molecule has 1 nitrogen and oxygen atoms in total. The third kappa shape index (κ3) is 3.78. The minimum atomic E-state index is -4.33. The Morgan fingerprint density at radius 2 is 1.79 bits per heavy atom. The Morgan fingerprint density at radius 3 is 2.37 bits per heavy atom. The fourth-order valence-electron chi connectivity index (χ4n) is 2.44. The summed E-state index contributed by atoms with van der Waals surface area (Å²) in [6, 6.07) is 3.63. The molecule has 0 saturated heterocycles. The summed E-state index contributed by atoms with van der Waals surface area (Å²) in [4.78, 5) is 0. The first-order valence-electron chi connectivity index (χ1n) is 6.49. The summed E-state index contributed by atoms with van der Waals surface area (Å²) in [6.07, 6.45) is -0.161. The topological polar surface area (TPSA) is 12.0 Å². The van der Waals surface area contributed by atoms with Gasteiger partial charge in [-0.15, -0.1) is 0 Å². The van der Waals surface area contributed by atoms with E-state index in [0.717, 1.165) is 37.8 Å². The Kier molecular flexibility index (Phi) is 4.29. The monoisotopic (exact) mass is 291 g/mol. The van der Waals surface area contributed by atoms with Gasteiger partial charge in [-0.05, 0) is 49.8 Å². The molecule has 2 rings (SSSR count). The summed E-state index contributed by atoms with van der Waals surface area (Å²) in [5.74, 6) is 0.704. The van der Waals surface area contributed by atoms with Gasteiger partial charge in [-0.3, -0.25) is 0 Å². The van der Waals surface area contributed by atoms with Crippen LogP contribution in [0.4, 0.5) is 18.9 Å². The van der Waals surface area contributed by atoms with Crippen molar-refractivity contribution in [2.45, 2.75) is 44.8 Å². The van der Waals surface area contributed by atoms with Crippen LogP contribution < -0.4 is 5.32 Å². The largest absolute Gasteiger partial charge is 0.416 e. The SMILES string of the molecule is CC1CCC(Nc2cc(C(F)(F)F)ccc2Cl)CC1. The molecule has 19 heavy (non-hydrogen) atoms. The standard InChI is InChI=1S/C14H17ClF3N/c1-9-2-5-11(6-3-9)19-13-8-10(14(16,17)18)4-7-12(13)15/h4,7-9,11,19H,2-3,5-6H2,1H3. The summed E-state index contributed by atoms with van der Waals surface area (Å²) in [5.41, 5.74) is -0.278. The second-order valence-electron chi connectivity index (χ2n) is 5.29. The molecule has 1 aliphatic rings. The van der Waals surface area contributed by atoms with E-state index >= 15 is 0 Å². The number of nitrogens with one attached hydrogen (secondary N) is 1. The molecule has 1 aromatic carbocycles. The number of halogens is 4. The van der Waals surface area contributed by atoms with Gasteiger partial charge in [-0.2, -0.15) is 13.2 Å². The predicted octanol–water partition coefficient (Wildman–Crippen LogP) is 5.35. The maximum Gasteiger partial charge on any atom is 0.416 e. The van der Waals surface area contributed by atoms with Crippen molar-refractivity contribution in [1.82, 2.24) is 0 Å². The Morgan fingerprint density at radius 1 is 1.16 bits per heavy atom. The quantitative estimate of drug-likeness (QED) is 0.774. The van der Waals surface area contributed by atoms with E-state index in [1.165, 1.54) is 6.07 Å². The van der Waals surface area contributed by atoms with Gasteiger partial charge in [0.05, 0.1) is 16.3 Å². The molecule has 1 fully saturated rings. The predicted molar refractivity (Wildman–Crippen MR) is 71.5 cm³/mol. The number of hydrogen-bond acceptors (Lipinski definition) is 1. The molecule has 0 amide bonds. The molecular formula is C14H17ClF3N. The lowest BCUT2D eigenvalue weighted by molar-refractivity contribution is -0.137. The lowest BCUT2D eigenvalue weighted by atomic mass is 9.87. The lowest BCUT2D eigenvalue weighted by Gasteiger charge is -2.28. The molecule has 0 atom stereocenters. The molecular weight excluding hydrogens is 275 g/mol. The molecule has 0 bridgehead atoms. The maximum absolute atomic E-state index is 12.7. The molecule has 0 aliphatic heterocycles. The molecule has 1 aliphatic carbocycles. The van der Waals surface area contributed by atoms with Gasteiger partial charge in [-0.1, -0.05) is 18.5 Å². The highest BCUT2D eigenvalue weighted by molar-refractivity contribution is 6.33. The first kappa shape index (κ1) is 14.5. The van der Waals surface area contributed by atoms with Gasteiger partial charge in [0.2, 0.25) is 0 Å². The Labute approximate surface area is 116 Å². The summed E-state index contributed by atoms with van der Waals surface area (Å²) in [5, 5.41) is 3.49. The molecule has 0 unspecified atom stereocenters. The van der Waals surface area contributed by atoms with Crippen molar-refractivity contribution in [3.63, 3.8) is 0 Å². The second kappa shape index (κ2) is 5.61. The number of benzene rings is 1. The zero-order chi connectivity index (χ0) is 14.0. The summed E-state index contributed by atoms with van der Waals surface area (Å²) < 4.78 is 38.0. The highest BCUT2D eigenvalue weighted by atomic mass is 35.5. The fraction of sp³-hybridized carbons (Fsp3) is 0.571. The Balaban J connectivity index is 2.11. The van der Waals surface area contributed by atoms with E-state index in [9.17, 15) is 13.2 Å². The summed E-state index contributed by atoms with van der Waals surface area (Å²) in [6.45, 7) is 2.20. The molecule has 1 aromatic rings. The average molecular weight is 292 g/mol. The third-order valence-corrected chi connectivity index (χ3v) is 4.00. The molecule has 5 heteroatoms. The normalized spacial score (nSPS) is 24.3. The van der Waals surface area contributed by atoms with E-state index in [2.05, 4.69) is 12.2 Å². The maximum atomic E-state index is 12.7. The van der Waals surface area contributed by atoms with Crippen LogP contribution in [0.25, 0.3) is 0 Å². The van der Waals surface area contributed by atoms with E-state index in [1.807, 2.05) is 0 Å². The van der Waals surface area contributed by atoms with Crippen LogP contribution >= 0.6 is 11.6 Å². The molecule has 0 spiro atoms. The van der Waals surface area contributed by atoms with Gasteiger partial charge < -0.3 is 5.32 Å². The highest BCUT2D eigenvalue weighted by Crippen LogP contribution is 2.35. The number of hydrogen-bond donors (Lipinski definition) is 1. The first-order valence-corrected chi connectivity index (χ1v) is 6.87. The van der Waals surface area contributed by atoms with Crippen molar-refractivity contribution >= 4 is 17.3 Å². The van der Waals surface area contributed by atoms with Gasteiger partial charge in [0.15, 0.2) is 0 Å². The second-order valence-corrected chi connectivity index (χ2v) is 5.70. The molecule has 0 radical (unpaired) electrons. The molecule has 1 saturated carbocycles. The van der Waals surface area contributed by atoms with Crippen LogP contribution in [-0.2, 0) is 6.18 Å². The molecule has 106 valence electrons. The van der Waals surface area contributed by atoms with E-state index in [-0.39, 0.29) is 6.04 Å². The highest BCUT2D eigenvalue weighted by Gasteiger charge is 2.31. The Hall–Kier alpha value is -0.900. The summed E-state index contributed by atoms with van der Waals surface area (Å²) >= 11 is 5.96. The number of rotatable bonds is 2. The van der Waals surface area contributed by atoms with Crippen LogP contribution in [0, 0.1) is 5.92 Å². The first-order chi connectivity index (χ1) is 8.86. The van der Waals surface area contributed by atoms with Crippen LogP contribution in [0.1, 0.15) is 38.2 Å². The van der Waals surface area contributed by atoms with E-state index < -0.39 is 11.7 Å². The minimum Gasteiger partial charge on any atom is -0.381 e. The van der Waals surface area contributed by atoms with Gasteiger partial charge in [0.25, 0.3) is 0 Å². The summed E-state index contributed by atoms with van der Waals surface area (Å²) in [7, 11) is 0. The van der Waals surface area contributed by atoms with Crippen molar-refractivity contribution in [2.75, 3.05) is 5.32 Å². The number of anilines is 1. The smallest absolute Gasteiger partial charge is 0.381 e. The van der Waals surface area contributed by atoms with E-state index in [4.69, 9.17) is 11.6 Å². The molecule has 1 N–H and O–H groups in total. The van der Waals surface area contributed by atoms with E-state index in [1.54, 1.807) is 0 Å². The van der Waals surface area contributed by atoms with Crippen molar-refractivity contribution in [1.29, 1.82) is 0 Å². The number of alkyl halides is 3. The molecule has 0 heterocycles. The minimum absolute atomic E-state index is 0.220. The van der Waals surface area contributed by atoms with Crippen molar-refractivity contribution in [3.8, 4) is 0 Å². The van der Waals surface area contributed by atoms with Gasteiger partial charge >= 0.3 is 6.18 Å². The van der Waals surface area contributed by atoms with Crippen LogP contribution in [0.2, 0.25) is 5.02 Å². The van der Waals surface area contributed by atoms with Crippen LogP contribution in [-0.4, -0.2) is 6.04 Å². The average Bonchev–Trinajstić information content (AvgIpc) is 2.33. The zero-order valence-corrected chi connectivity index (χ0v) is 11.5. The van der Waals surface area contributed by atoms with Gasteiger partial charge in [0, 0.05) is 6.04 Å². The van der Waals surface area contributed by atoms with Gasteiger partial charge in [0.1, 0.15) is 0 Å². The van der Waals surface area contributed by atoms with Crippen LogP contribution in [0.3, 0.4) is 0 Å².